The van der Waals surface area contributed by atoms with Crippen molar-refractivity contribution < 1.29 is 0 Å². The zero-order chi connectivity index (χ0) is 20.6. The molecule has 0 bridgehead atoms. The maximum atomic E-state index is 13.4. The Kier molecular flexibility index (Phi) is 7.64. The average Bonchev–Trinajstić information content (AvgIpc) is 3.22. The zero-order valence-electron chi connectivity index (χ0n) is 18.1. The molecular weight excluding hydrogens is 360 g/mol. The SMILES string of the molecule is CCCCN(CCCC)C(CC)c1nn2cccc2c(=O)n1Cc1ccccc1. The molecule has 0 aliphatic heterocycles. The molecule has 0 aliphatic rings. The first-order valence-electron chi connectivity index (χ1n) is 11.1. The molecule has 29 heavy (non-hydrogen) atoms. The molecule has 0 fully saturated rings. The largest absolute Gasteiger partial charge is 0.293 e. The van der Waals surface area contributed by atoms with Crippen molar-refractivity contribution in [2.75, 3.05) is 13.1 Å². The molecule has 0 spiro atoms. The minimum Gasteiger partial charge on any atom is -0.293 e. The Hall–Kier alpha value is -2.40. The molecule has 0 saturated heterocycles. The fourth-order valence-electron chi connectivity index (χ4n) is 3.95. The molecule has 0 amide bonds. The summed E-state index contributed by atoms with van der Waals surface area (Å²) in [5, 5.41) is 4.94. The summed E-state index contributed by atoms with van der Waals surface area (Å²) >= 11 is 0. The minimum absolute atomic E-state index is 0.0354. The Bertz CT molecular complexity index is 936. The number of unbranched alkanes of at least 4 members (excludes halogenated alkanes) is 2. The highest BCUT2D eigenvalue weighted by Gasteiger charge is 2.24. The highest BCUT2D eigenvalue weighted by atomic mass is 16.1. The number of benzene rings is 1. The first-order valence-corrected chi connectivity index (χ1v) is 11.1. The molecular formula is C24H34N4O. The molecule has 3 rings (SSSR count). The van der Waals surface area contributed by atoms with Crippen molar-refractivity contribution >= 4 is 5.52 Å². The van der Waals surface area contributed by atoms with Crippen LogP contribution in [0, 0.1) is 0 Å². The van der Waals surface area contributed by atoms with Crippen LogP contribution in [0.1, 0.15) is 70.3 Å². The van der Waals surface area contributed by atoms with Crippen LogP contribution in [0.5, 0.6) is 0 Å². The monoisotopic (exact) mass is 394 g/mol. The van der Waals surface area contributed by atoms with Gasteiger partial charge in [-0.3, -0.25) is 14.3 Å². The highest BCUT2D eigenvalue weighted by Crippen LogP contribution is 2.24. The highest BCUT2D eigenvalue weighted by molar-refractivity contribution is 5.44. The Morgan fingerprint density at radius 3 is 2.28 bits per heavy atom. The molecule has 2 heterocycles. The summed E-state index contributed by atoms with van der Waals surface area (Å²) in [5.41, 5.74) is 1.79. The maximum absolute atomic E-state index is 13.4. The Morgan fingerprint density at radius 2 is 1.66 bits per heavy atom. The van der Waals surface area contributed by atoms with Crippen LogP contribution in [-0.2, 0) is 6.54 Å². The van der Waals surface area contributed by atoms with Gasteiger partial charge in [-0.15, -0.1) is 0 Å². The van der Waals surface area contributed by atoms with Gasteiger partial charge in [0, 0.05) is 6.20 Å². The van der Waals surface area contributed by atoms with E-state index >= 15 is 0 Å². The van der Waals surface area contributed by atoms with Gasteiger partial charge in [-0.25, -0.2) is 4.52 Å². The Labute approximate surface area is 174 Å². The van der Waals surface area contributed by atoms with Gasteiger partial charge in [0.05, 0.1) is 12.6 Å². The standard InChI is InChI=1S/C24H34N4O/c1-4-7-16-26(17-8-5-2)21(6-3)23-25-28-18-12-15-22(28)24(29)27(23)19-20-13-10-9-11-14-20/h9-15,18,21H,4-8,16-17,19H2,1-3H3. The van der Waals surface area contributed by atoms with Crippen LogP contribution < -0.4 is 5.56 Å². The van der Waals surface area contributed by atoms with E-state index in [0.717, 1.165) is 43.7 Å². The number of fused-ring (bicyclic) bond motifs is 1. The second-order valence-corrected chi connectivity index (χ2v) is 7.74. The first kappa shape index (κ1) is 21.3. The second kappa shape index (κ2) is 10.4. The summed E-state index contributed by atoms with van der Waals surface area (Å²) in [7, 11) is 0. The molecule has 5 nitrogen and oxygen atoms in total. The third kappa shape index (κ3) is 4.96. The molecule has 5 heteroatoms. The molecule has 0 radical (unpaired) electrons. The van der Waals surface area contributed by atoms with Gasteiger partial charge in [-0.1, -0.05) is 63.9 Å². The smallest absolute Gasteiger partial charge is 0.278 e. The third-order valence-corrected chi connectivity index (χ3v) is 5.59. The zero-order valence-corrected chi connectivity index (χ0v) is 18.1. The lowest BCUT2D eigenvalue weighted by Crippen LogP contribution is -2.37. The van der Waals surface area contributed by atoms with E-state index in [4.69, 9.17) is 5.10 Å². The Morgan fingerprint density at radius 1 is 0.966 bits per heavy atom. The van der Waals surface area contributed by atoms with E-state index in [2.05, 4.69) is 37.8 Å². The molecule has 3 aromatic rings. The van der Waals surface area contributed by atoms with Crippen molar-refractivity contribution in [2.24, 2.45) is 0 Å². The number of hydrogen-bond donors (Lipinski definition) is 0. The lowest BCUT2D eigenvalue weighted by Gasteiger charge is -2.32. The van der Waals surface area contributed by atoms with Gasteiger partial charge in [0.2, 0.25) is 0 Å². The van der Waals surface area contributed by atoms with Crippen molar-refractivity contribution in [1.82, 2.24) is 19.1 Å². The van der Waals surface area contributed by atoms with Crippen LogP contribution >= 0.6 is 0 Å². The van der Waals surface area contributed by atoms with Crippen molar-refractivity contribution in [2.45, 2.75) is 65.5 Å². The summed E-state index contributed by atoms with van der Waals surface area (Å²) in [6.07, 6.45) is 7.47. The van der Waals surface area contributed by atoms with E-state index in [-0.39, 0.29) is 11.6 Å². The maximum Gasteiger partial charge on any atom is 0.278 e. The topological polar surface area (TPSA) is 42.5 Å². The van der Waals surface area contributed by atoms with Crippen molar-refractivity contribution in [3.63, 3.8) is 0 Å². The molecule has 0 N–H and O–H groups in total. The molecule has 0 saturated carbocycles. The summed E-state index contributed by atoms with van der Waals surface area (Å²) in [6.45, 7) is 9.30. The molecule has 1 aromatic carbocycles. The van der Waals surface area contributed by atoms with E-state index in [9.17, 15) is 4.79 Å². The van der Waals surface area contributed by atoms with E-state index < -0.39 is 0 Å². The molecule has 2 aromatic heterocycles. The second-order valence-electron chi connectivity index (χ2n) is 7.74. The predicted molar refractivity (Wildman–Crippen MR) is 119 cm³/mol. The Balaban J connectivity index is 2.08. The molecule has 1 unspecified atom stereocenters. The summed E-state index contributed by atoms with van der Waals surface area (Å²) in [6, 6.07) is 14.1. The fraction of sp³-hybridized carbons (Fsp3) is 0.500. The molecule has 0 aliphatic carbocycles. The van der Waals surface area contributed by atoms with Crippen LogP contribution in [0.25, 0.3) is 5.52 Å². The summed E-state index contributed by atoms with van der Waals surface area (Å²) in [5.74, 6) is 0.872. The van der Waals surface area contributed by atoms with Gasteiger partial charge >= 0.3 is 0 Å². The number of hydrogen-bond acceptors (Lipinski definition) is 3. The van der Waals surface area contributed by atoms with Crippen molar-refractivity contribution in [3.8, 4) is 0 Å². The van der Waals surface area contributed by atoms with E-state index in [1.54, 1.807) is 4.52 Å². The van der Waals surface area contributed by atoms with Crippen LogP contribution in [-0.4, -0.2) is 32.2 Å². The fourth-order valence-corrected chi connectivity index (χ4v) is 3.95. The minimum atomic E-state index is 0.0354. The normalized spacial score (nSPS) is 12.7. The molecule has 1 atom stereocenters. The lowest BCUT2D eigenvalue weighted by molar-refractivity contribution is 0.172. The van der Waals surface area contributed by atoms with Gasteiger partial charge in [0.1, 0.15) is 5.52 Å². The summed E-state index contributed by atoms with van der Waals surface area (Å²) < 4.78 is 3.64. The van der Waals surface area contributed by atoms with Crippen molar-refractivity contribution in [3.05, 3.63) is 70.4 Å². The lowest BCUT2D eigenvalue weighted by atomic mass is 10.1. The number of aromatic nitrogens is 3. The van der Waals surface area contributed by atoms with Gasteiger partial charge in [0.25, 0.3) is 5.56 Å². The van der Waals surface area contributed by atoms with E-state index in [1.807, 2.05) is 41.1 Å². The quantitative estimate of drug-likeness (QED) is 0.465. The van der Waals surface area contributed by atoms with E-state index in [0.29, 0.717) is 12.1 Å². The van der Waals surface area contributed by atoms with Crippen LogP contribution in [0.2, 0.25) is 0 Å². The average molecular weight is 395 g/mol. The number of nitrogens with zero attached hydrogens (tertiary/aromatic N) is 4. The third-order valence-electron chi connectivity index (χ3n) is 5.59. The van der Waals surface area contributed by atoms with Crippen LogP contribution in [0.3, 0.4) is 0 Å². The van der Waals surface area contributed by atoms with Crippen LogP contribution in [0.15, 0.2) is 53.5 Å². The predicted octanol–water partition coefficient (Wildman–Crippen LogP) is 4.90. The van der Waals surface area contributed by atoms with Gasteiger partial charge in [-0.2, -0.15) is 5.10 Å². The summed E-state index contributed by atoms with van der Waals surface area (Å²) in [4.78, 5) is 15.9. The van der Waals surface area contributed by atoms with Crippen LogP contribution in [0.4, 0.5) is 0 Å². The first-order chi connectivity index (χ1) is 14.2. The van der Waals surface area contributed by atoms with Gasteiger partial charge in [-0.05, 0) is 50.0 Å². The van der Waals surface area contributed by atoms with Crippen molar-refractivity contribution in [1.29, 1.82) is 0 Å². The molecule has 156 valence electrons. The van der Waals surface area contributed by atoms with Gasteiger partial charge < -0.3 is 0 Å². The van der Waals surface area contributed by atoms with Gasteiger partial charge in [0.15, 0.2) is 5.82 Å². The number of rotatable bonds is 11. The van der Waals surface area contributed by atoms with E-state index in [1.165, 1.54) is 12.8 Å².